The number of nitrogens with zero attached hydrogens (tertiary/aromatic N) is 2. The van der Waals surface area contributed by atoms with Gasteiger partial charge in [0.2, 0.25) is 0 Å². The molecule has 2 aromatic heterocycles. The topological polar surface area (TPSA) is 80.1 Å². The summed E-state index contributed by atoms with van der Waals surface area (Å²) < 4.78 is 8.10. The van der Waals surface area contributed by atoms with E-state index in [2.05, 4.69) is 9.55 Å². The van der Waals surface area contributed by atoms with E-state index in [0.717, 1.165) is 54.0 Å². The minimum atomic E-state index is -0.0883. The van der Waals surface area contributed by atoms with E-state index in [1.807, 2.05) is 24.3 Å². The first kappa shape index (κ1) is 17.0. The molecule has 1 aliphatic rings. The first-order valence-corrected chi connectivity index (χ1v) is 9.07. The second-order valence-electron chi connectivity index (χ2n) is 6.92. The fourth-order valence-corrected chi connectivity index (χ4v) is 3.56. The minimum absolute atomic E-state index is 0.0123. The molecule has 3 aromatic rings. The Morgan fingerprint density at radius 1 is 1.35 bits per heavy atom. The van der Waals surface area contributed by atoms with Crippen LogP contribution < -0.4 is 5.56 Å². The maximum atomic E-state index is 11.7. The van der Waals surface area contributed by atoms with Crippen molar-refractivity contribution in [2.75, 3.05) is 6.61 Å². The highest BCUT2D eigenvalue weighted by Gasteiger charge is 2.20. The molecule has 1 unspecified atom stereocenters. The third-order valence-electron chi connectivity index (χ3n) is 5.00. The lowest BCUT2D eigenvalue weighted by atomic mass is 10.1. The molecule has 6 nitrogen and oxygen atoms in total. The Morgan fingerprint density at radius 2 is 2.23 bits per heavy atom. The number of aromatic nitrogens is 3. The molecule has 0 saturated carbocycles. The highest BCUT2D eigenvalue weighted by molar-refractivity contribution is 5.81. The Balaban J connectivity index is 1.84. The average molecular weight is 353 g/mol. The van der Waals surface area contributed by atoms with Crippen LogP contribution in [0.1, 0.15) is 30.4 Å². The van der Waals surface area contributed by atoms with Crippen molar-refractivity contribution in [1.82, 2.24) is 14.5 Å². The number of aliphatic hydroxyl groups excluding tert-OH is 1. The molecular formula is C20H23N3O3. The first-order valence-electron chi connectivity index (χ1n) is 9.07. The number of aliphatic hydroxyl groups is 1. The van der Waals surface area contributed by atoms with Crippen molar-refractivity contribution in [3.05, 3.63) is 51.9 Å². The average Bonchev–Trinajstić information content (AvgIpc) is 3.02. The minimum Gasteiger partial charge on any atom is -0.392 e. The van der Waals surface area contributed by atoms with Crippen LogP contribution in [0.3, 0.4) is 0 Å². The van der Waals surface area contributed by atoms with Crippen LogP contribution in [0.15, 0.2) is 35.3 Å². The zero-order valence-electron chi connectivity index (χ0n) is 14.9. The smallest absolute Gasteiger partial charge is 0.250 e. The SMILES string of the molecule is Cc1cc(-c2nc3cc(CO)ccc3n2CC2CCCCO2)c[nH]c1=O. The third-order valence-corrected chi connectivity index (χ3v) is 5.00. The lowest BCUT2D eigenvalue weighted by Gasteiger charge is -2.24. The summed E-state index contributed by atoms with van der Waals surface area (Å²) in [5.41, 5.74) is 4.13. The van der Waals surface area contributed by atoms with E-state index in [4.69, 9.17) is 9.72 Å². The first-order chi connectivity index (χ1) is 12.7. The van der Waals surface area contributed by atoms with E-state index in [-0.39, 0.29) is 18.3 Å². The van der Waals surface area contributed by atoms with Crippen molar-refractivity contribution in [2.24, 2.45) is 0 Å². The molecule has 1 atom stereocenters. The number of hydrogen-bond donors (Lipinski definition) is 2. The maximum Gasteiger partial charge on any atom is 0.250 e. The Kier molecular flexibility index (Phi) is 4.61. The molecule has 136 valence electrons. The molecule has 2 N–H and O–H groups in total. The van der Waals surface area contributed by atoms with Crippen molar-refractivity contribution >= 4 is 11.0 Å². The molecule has 0 aliphatic carbocycles. The van der Waals surface area contributed by atoms with Crippen molar-refractivity contribution in [2.45, 2.75) is 45.4 Å². The number of pyridine rings is 1. The third kappa shape index (κ3) is 3.18. The number of fused-ring (bicyclic) bond motifs is 1. The lowest BCUT2D eigenvalue weighted by Crippen LogP contribution is -2.24. The van der Waals surface area contributed by atoms with Gasteiger partial charge in [0, 0.05) is 23.9 Å². The van der Waals surface area contributed by atoms with Crippen LogP contribution in [0, 0.1) is 6.92 Å². The summed E-state index contributed by atoms with van der Waals surface area (Å²) in [7, 11) is 0. The van der Waals surface area contributed by atoms with Gasteiger partial charge in [-0.15, -0.1) is 0 Å². The Morgan fingerprint density at radius 3 is 2.96 bits per heavy atom. The number of ether oxygens (including phenoxy) is 1. The predicted octanol–water partition coefficient (Wildman–Crippen LogP) is 2.76. The van der Waals surface area contributed by atoms with Gasteiger partial charge in [-0.1, -0.05) is 6.07 Å². The number of benzene rings is 1. The van der Waals surface area contributed by atoms with E-state index in [0.29, 0.717) is 5.56 Å². The van der Waals surface area contributed by atoms with Gasteiger partial charge in [-0.2, -0.15) is 0 Å². The van der Waals surface area contributed by atoms with E-state index in [9.17, 15) is 9.90 Å². The van der Waals surface area contributed by atoms with Crippen LogP contribution in [0.25, 0.3) is 22.4 Å². The normalized spacial score (nSPS) is 17.7. The van der Waals surface area contributed by atoms with Gasteiger partial charge in [-0.05, 0) is 49.9 Å². The molecule has 1 aliphatic heterocycles. The molecule has 0 bridgehead atoms. The van der Waals surface area contributed by atoms with Gasteiger partial charge in [0.25, 0.3) is 5.56 Å². The summed E-state index contributed by atoms with van der Waals surface area (Å²) in [5.74, 6) is 0.809. The van der Waals surface area contributed by atoms with E-state index in [1.165, 1.54) is 6.42 Å². The van der Waals surface area contributed by atoms with Gasteiger partial charge < -0.3 is 19.4 Å². The van der Waals surface area contributed by atoms with Crippen LogP contribution in [-0.4, -0.2) is 32.4 Å². The molecule has 6 heteroatoms. The molecular weight excluding hydrogens is 330 g/mol. The van der Waals surface area contributed by atoms with Crippen LogP contribution in [0.2, 0.25) is 0 Å². The molecule has 1 fully saturated rings. The standard InChI is InChI=1S/C20H23N3O3/c1-13-8-15(10-21-20(13)25)19-22-17-9-14(12-24)5-6-18(17)23(19)11-16-4-2-3-7-26-16/h5-6,8-10,16,24H,2-4,7,11-12H2,1H3,(H,21,25). The quantitative estimate of drug-likeness (QED) is 0.756. The zero-order chi connectivity index (χ0) is 18.1. The fourth-order valence-electron chi connectivity index (χ4n) is 3.56. The molecule has 26 heavy (non-hydrogen) atoms. The number of imidazole rings is 1. The van der Waals surface area contributed by atoms with Gasteiger partial charge in [-0.25, -0.2) is 4.98 Å². The van der Waals surface area contributed by atoms with E-state index >= 15 is 0 Å². The van der Waals surface area contributed by atoms with Gasteiger partial charge >= 0.3 is 0 Å². The molecule has 1 aromatic carbocycles. The molecule has 3 heterocycles. The summed E-state index contributed by atoms with van der Waals surface area (Å²) in [6.07, 6.45) is 5.22. The van der Waals surface area contributed by atoms with Gasteiger partial charge in [-0.3, -0.25) is 4.79 Å². The number of H-pyrrole nitrogens is 1. The summed E-state index contributed by atoms with van der Waals surface area (Å²) in [4.78, 5) is 19.3. The highest BCUT2D eigenvalue weighted by Crippen LogP contribution is 2.27. The van der Waals surface area contributed by atoms with Gasteiger partial charge in [0.1, 0.15) is 5.82 Å². The van der Waals surface area contributed by atoms with Gasteiger partial charge in [0.05, 0.1) is 30.3 Å². The molecule has 1 saturated heterocycles. The maximum absolute atomic E-state index is 11.7. The van der Waals surface area contributed by atoms with E-state index in [1.54, 1.807) is 13.1 Å². The van der Waals surface area contributed by atoms with Crippen LogP contribution in [0.4, 0.5) is 0 Å². The van der Waals surface area contributed by atoms with Crippen LogP contribution in [-0.2, 0) is 17.9 Å². The summed E-state index contributed by atoms with van der Waals surface area (Å²) in [6.45, 7) is 3.31. The number of nitrogens with one attached hydrogen (secondary N) is 1. The monoisotopic (exact) mass is 353 g/mol. The Labute approximate surface area is 151 Å². The number of hydrogen-bond acceptors (Lipinski definition) is 4. The van der Waals surface area contributed by atoms with Crippen molar-refractivity contribution in [3.8, 4) is 11.4 Å². The van der Waals surface area contributed by atoms with Crippen molar-refractivity contribution in [3.63, 3.8) is 0 Å². The summed E-state index contributed by atoms with van der Waals surface area (Å²) in [5, 5.41) is 9.42. The van der Waals surface area contributed by atoms with E-state index < -0.39 is 0 Å². The second-order valence-corrected chi connectivity index (χ2v) is 6.92. The lowest BCUT2D eigenvalue weighted by molar-refractivity contribution is 0.00686. The van der Waals surface area contributed by atoms with Crippen molar-refractivity contribution in [1.29, 1.82) is 0 Å². The number of aromatic amines is 1. The van der Waals surface area contributed by atoms with Gasteiger partial charge in [0.15, 0.2) is 0 Å². The molecule has 4 rings (SSSR count). The molecule has 0 radical (unpaired) electrons. The molecule has 0 spiro atoms. The zero-order valence-corrected chi connectivity index (χ0v) is 14.9. The fraction of sp³-hybridized carbons (Fsp3) is 0.400. The number of aryl methyl sites for hydroxylation is 1. The summed E-state index contributed by atoms with van der Waals surface area (Å²) in [6, 6.07) is 7.70. The van der Waals surface area contributed by atoms with Crippen LogP contribution in [0.5, 0.6) is 0 Å². The predicted molar refractivity (Wildman–Crippen MR) is 100 cm³/mol. The Hall–Kier alpha value is -2.44. The highest BCUT2D eigenvalue weighted by atomic mass is 16.5. The second kappa shape index (κ2) is 7.05. The molecule has 0 amide bonds. The summed E-state index contributed by atoms with van der Waals surface area (Å²) >= 11 is 0. The number of rotatable bonds is 4. The van der Waals surface area contributed by atoms with Crippen molar-refractivity contribution < 1.29 is 9.84 Å². The largest absolute Gasteiger partial charge is 0.392 e. The van der Waals surface area contributed by atoms with Crippen LogP contribution >= 0.6 is 0 Å². The Bertz CT molecular complexity index is 984.